The van der Waals surface area contributed by atoms with Gasteiger partial charge in [0.15, 0.2) is 0 Å². The second-order valence-electron chi connectivity index (χ2n) is 4.56. The number of halogens is 1. The molecule has 0 amide bonds. The normalized spacial score (nSPS) is 12.6. The second kappa shape index (κ2) is 7.56. The molecule has 0 aliphatic heterocycles. The molecule has 0 saturated carbocycles. The van der Waals surface area contributed by atoms with Gasteiger partial charge in [-0.05, 0) is 41.9 Å². The van der Waals surface area contributed by atoms with E-state index in [-0.39, 0.29) is 6.04 Å². The van der Waals surface area contributed by atoms with Crippen LogP contribution >= 0.6 is 39.0 Å². The lowest BCUT2D eigenvalue weighted by atomic mass is 10.2. The van der Waals surface area contributed by atoms with Crippen molar-refractivity contribution < 1.29 is 0 Å². The number of nitrogens with two attached hydrogens (primary N) is 1. The molecule has 20 heavy (non-hydrogen) atoms. The summed E-state index contributed by atoms with van der Waals surface area (Å²) < 4.78 is 1.13. The Hall–Kier alpha value is -0.400. The van der Waals surface area contributed by atoms with Crippen molar-refractivity contribution in [1.29, 1.82) is 0 Å². The average Bonchev–Trinajstić information content (AvgIpc) is 2.75. The summed E-state index contributed by atoms with van der Waals surface area (Å²) in [5, 5.41) is 1.15. The van der Waals surface area contributed by atoms with Crippen molar-refractivity contribution >= 4 is 39.0 Å². The van der Waals surface area contributed by atoms with Crippen LogP contribution in [0.3, 0.4) is 0 Å². The van der Waals surface area contributed by atoms with Crippen molar-refractivity contribution in [2.75, 3.05) is 5.75 Å². The number of rotatable bonds is 6. The monoisotopic (exact) mass is 371 g/mol. The van der Waals surface area contributed by atoms with Gasteiger partial charge in [-0.2, -0.15) is 0 Å². The van der Waals surface area contributed by atoms with Gasteiger partial charge in [0.2, 0.25) is 0 Å². The number of nitrogens with one attached hydrogen (secondary N) is 1. The number of thioether (sulfide) groups is 1. The average molecular weight is 372 g/mol. The molecule has 0 saturated heterocycles. The topological polar surface area (TPSA) is 50.9 Å². The van der Waals surface area contributed by atoms with E-state index in [0.29, 0.717) is 0 Å². The minimum Gasteiger partial charge on any atom is -0.271 e. The Morgan fingerprint density at radius 1 is 1.40 bits per heavy atom. The summed E-state index contributed by atoms with van der Waals surface area (Å²) in [4.78, 5) is 7.10. The van der Waals surface area contributed by atoms with E-state index in [1.807, 2.05) is 12.1 Å². The first-order chi connectivity index (χ1) is 9.60. The minimum atomic E-state index is 0.219. The number of hydrazine groups is 1. The van der Waals surface area contributed by atoms with E-state index in [0.717, 1.165) is 27.3 Å². The highest BCUT2D eigenvalue weighted by Gasteiger charge is 2.13. The standard InChI is InChI=1S/C14H18BrN3S2/c1-9-10(2)20-14(17-9)7-11(18-16)8-19-13-6-4-3-5-12(13)15/h3-6,11,18H,7-8,16H2,1-2H3. The number of benzene rings is 1. The molecule has 1 aromatic heterocycles. The van der Waals surface area contributed by atoms with Crippen LogP contribution in [0.15, 0.2) is 33.6 Å². The molecule has 108 valence electrons. The van der Waals surface area contributed by atoms with Gasteiger partial charge in [0.25, 0.3) is 0 Å². The van der Waals surface area contributed by atoms with Crippen molar-refractivity contribution in [2.24, 2.45) is 5.84 Å². The van der Waals surface area contributed by atoms with Crippen LogP contribution in [0.1, 0.15) is 15.6 Å². The zero-order chi connectivity index (χ0) is 14.5. The lowest BCUT2D eigenvalue weighted by Gasteiger charge is -2.14. The van der Waals surface area contributed by atoms with Crippen LogP contribution in [0.2, 0.25) is 0 Å². The maximum Gasteiger partial charge on any atom is 0.0947 e. The number of hydrogen-bond donors (Lipinski definition) is 2. The molecule has 0 fully saturated rings. The summed E-state index contributed by atoms with van der Waals surface area (Å²) >= 11 is 7.12. The van der Waals surface area contributed by atoms with Gasteiger partial charge in [-0.3, -0.25) is 11.3 Å². The number of nitrogens with zero attached hydrogens (tertiary/aromatic N) is 1. The van der Waals surface area contributed by atoms with Crippen molar-refractivity contribution in [3.8, 4) is 0 Å². The number of hydrogen-bond acceptors (Lipinski definition) is 5. The third-order valence-corrected chi connectivity index (χ3v) is 6.29. The first-order valence-electron chi connectivity index (χ1n) is 6.36. The van der Waals surface area contributed by atoms with Gasteiger partial charge >= 0.3 is 0 Å². The van der Waals surface area contributed by atoms with Crippen molar-refractivity contribution in [3.05, 3.63) is 44.3 Å². The molecule has 2 aromatic rings. The Labute approximate surface area is 136 Å². The molecule has 1 heterocycles. The predicted molar refractivity (Wildman–Crippen MR) is 91.3 cm³/mol. The zero-order valence-electron chi connectivity index (χ0n) is 11.5. The Bertz CT molecular complexity index is 552. The molecule has 1 aromatic carbocycles. The summed E-state index contributed by atoms with van der Waals surface area (Å²) in [7, 11) is 0. The lowest BCUT2D eigenvalue weighted by Crippen LogP contribution is -2.38. The Morgan fingerprint density at radius 3 is 2.75 bits per heavy atom. The van der Waals surface area contributed by atoms with Gasteiger partial charge < -0.3 is 0 Å². The third kappa shape index (κ3) is 4.30. The highest BCUT2D eigenvalue weighted by Crippen LogP contribution is 2.28. The molecule has 0 aliphatic rings. The number of aryl methyl sites for hydroxylation is 2. The third-order valence-electron chi connectivity index (χ3n) is 3.01. The summed E-state index contributed by atoms with van der Waals surface area (Å²) in [5.41, 5.74) is 4.02. The second-order valence-corrected chi connectivity index (χ2v) is 7.76. The molecule has 1 atom stereocenters. The molecule has 0 spiro atoms. The molecule has 0 radical (unpaired) electrons. The highest BCUT2D eigenvalue weighted by atomic mass is 79.9. The quantitative estimate of drug-likeness (QED) is 0.461. The summed E-state index contributed by atoms with van der Waals surface area (Å²) in [5.74, 6) is 6.58. The maximum atomic E-state index is 5.67. The molecule has 2 rings (SSSR count). The molecule has 3 N–H and O–H groups in total. The van der Waals surface area contributed by atoms with Crippen LogP contribution in [0.4, 0.5) is 0 Å². The van der Waals surface area contributed by atoms with E-state index in [4.69, 9.17) is 5.84 Å². The van der Waals surface area contributed by atoms with E-state index in [9.17, 15) is 0 Å². The van der Waals surface area contributed by atoms with E-state index in [2.05, 4.69) is 52.3 Å². The zero-order valence-corrected chi connectivity index (χ0v) is 14.7. The molecule has 3 nitrogen and oxygen atoms in total. The molecule has 0 aliphatic carbocycles. The van der Waals surface area contributed by atoms with Crippen molar-refractivity contribution in [1.82, 2.24) is 10.4 Å². The van der Waals surface area contributed by atoms with E-state index in [1.54, 1.807) is 23.1 Å². The minimum absolute atomic E-state index is 0.219. The molecule has 6 heteroatoms. The van der Waals surface area contributed by atoms with E-state index in [1.165, 1.54) is 9.77 Å². The van der Waals surface area contributed by atoms with Crippen LogP contribution < -0.4 is 11.3 Å². The SMILES string of the molecule is Cc1nc(CC(CSc2ccccc2Br)NN)sc1C. The van der Waals surface area contributed by atoms with Gasteiger partial charge in [-0.15, -0.1) is 23.1 Å². The highest BCUT2D eigenvalue weighted by molar-refractivity contribution is 9.10. The summed E-state index contributed by atoms with van der Waals surface area (Å²) in [6.07, 6.45) is 0.868. The van der Waals surface area contributed by atoms with Crippen LogP contribution in [0.5, 0.6) is 0 Å². The van der Waals surface area contributed by atoms with Gasteiger partial charge in [0.05, 0.1) is 10.7 Å². The largest absolute Gasteiger partial charge is 0.271 e. The molecular formula is C14H18BrN3S2. The summed E-state index contributed by atoms with van der Waals surface area (Å²) in [6, 6.07) is 8.46. The van der Waals surface area contributed by atoms with Crippen molar-refractivity contribution in [3.63, 3.8) is 0 Å². The first kappa shape index (κ1) is 16.0. The fourth-order valence-corrected chi connectivity index (χ4v) is 4.37. The predicted octanol–water partition coefficient (Wildman–Crippen LogP) is 3.69. The van der Waals surface area contributed by atoms with E-state index < -0.39 is 0 Å². The van der Waals surface area contributed by atoms with Gasteiger partial charge in [-0.1, -0.05) is 12.1 Å². The molecular weight excluding hydrogens is 354 g/mol. The lowest BCUT2D eigenvalue weighted by molar-refractivity contribution is 0.574. The van der Waals surface area contributed by atoms with Crippen molar-refractivity contribution in [2.45, 2.75) is 31.2 Å². The first-order valence-corrected chi connectivity index (χ1v) is 8.96. The molecule has 1 unspecified atom stereocenters. The van der Waals surface area contributed by atoms with Gasteiger partial charge in [-0.25, -0.2) is 4.98 Å². The smallest absolute Gasteiger partial charge is 0.0947 e. The molecule has 0 bridgehead atoms. The number of aromatic nitrogens is 1. The Morgan fingerprint density at radius 2 is 2.15 bits per heavy atom. The van der Waals surface area contributed by atoms with Gasteiger partial charge in [0, 0.05) is 32.5 Å². The Kier molecular flexibility index (Phi) is 6.04. The van der Waals surface area contributed by atoms with Crippen LogP contribution in [-0.2, 0) is 6.42 Å². The maximum absolute atomic E-state index is 5.67. The van der Waals surface area contributed by atoms with Crippen LogP contribution in [0, 0.1) is 13.8 Å². The van der Waals surface area contributed by atoms with Crippen LogP contribution in [-0.4, -0.2) is 16.8 Å². The fourth-order valence-electron chi connectivity index (χ4n) is 1.76. The summed E-state index contributed by atoms with van der Waals surface area (Å²) in [6.45, 7) is 4.16. The van der Waals surface area contributed by atoms with E-state index >= 15 is 0 Å². The van der Waals surface area contributed by atoms with Gasteiger partial charge in [0.1, 0.15) is 0 Å². The Balaban J connectivity index is 1.94. The fraction of sp³-hybridized carbons (Fsp3) is 0.357. The number of thiazole rings is 1. The van der Waals surface area contributed by atoms with Crippen LogP contribution in [0.25, 0.3) is 0 Å².